The van der Waals surface area contributed by atoms with E-state index >= 15 is 0 Å². The molecule has 7 nitrogen and oxygen atoms in total. The topological polar surface area (TPSA) is 98.3 Å². The molecular formula is C9H11N3O4. The number of nitro groups is 1. The minimum Gasteiger partial charge on any atom is -0.476 e. The maximum absolute atomic E-state index is 10.9. The fourth-order valence-corrected chi connectivity index (χ4v) is 2.06. The summed E-state index contributed by atoms with van der Waals surface area (Å²) in [6.45, 7) is 0. The minimum atomic E-state index is -1.17. The quantitative estimate of drug-likeness (QED) is 0.622. The molecule has 1 N–H and O–H groups in total. The molecule has 1 aliphatic rings. The Labute approximate surface area is 90.8 Å². The molecule has 0 unspecified atom stereocenters. The van der Waals surface area contributed by atoms with Crippen LogP contribution in [-0.2, 0) is 0 Å². The van der Waals surface area contributed by atoms with Crippen molar-refractivity contribution in [1.82, 2.24) is 9.78 Å². The van der Waals surface area contributed by atoms with E-state index in [2.05, 4.69) is 5.10 Å². The predicted molar refractivity (Wildman–Crippen MR) is 53.3 cm³/mol. The highest BCUT2D eigenvalue weighted by Gasteiger charge is 2.29. The molecule has 1 aromatic heterocycles. The zero-order valence-electron chi connectivity index (χ0n) is 8.50. The summed E-state index contributed by atoms with van der Waals surface area (Å²) >= 11 is 0. The number of aromatic carboxylic acids is 1. The van der Waals surface area contributed by atoms with Gasteiger partial charge in [-0.2, -0.15) is 4.68 Å². The average Bonchev–Trinajstić information content (AvgIpc) is 2.86. The molecule has 1 saturated carbocycles. The molecule has 0 bridgehead atoms. The van der Waals surface area contributed by atoms with Crippen LogP contribution in [0.25, 0.3) is 0 Å². The highest BCUT2D eigenvalue weighted by molar-refractivity contribution is 5.86. The van der Waals surface area contributed by atoms with E-state index < -0.39 is 16.7 Å². The lowest BCUT2D eigenvalue weighted by molar-refractivity contribution is -0.389. The van der Waals surface area contributed by atoms with Crippen LogP contribution in [0.3, 0.4) is 0 Å². The van der Waals surface area contributed by atoms with Crippen molar-refractivity contribution in [1.29, 1.82) is 0 Å². The number of aromatic nitrogens is 2. The van der Waals surface area contributed by atoms with Crippen LogP contribution in [0.15, 0.2) is 6.07 Å². The van der Waals surface area contributed by atoms with Crippen molar-refractivity contribution in [3.8, 4) is 0 Å². The van der Waals surface area contributed by atoms with E-state index in [0.717, 1.165) is 31.7 Å². The molecule has 7 heteroatoms. The molecule has 1 aliphatic carbocycles. The van der Waals surface area contributed by atoms with Crippen molar-refractivity contribution in [3.63, 3.8) is 0 Å². The molecular weight excluding hydrogens is 214 g/mol. The first-order chi connectivity index (χ1) is 7.59. The first kappa shape index (κ1) is 10.6. The van der Waals surface area contributed by atoms with Crippen molar-refractivity contribution in [3.05, 3.63) is 21.9 Å². The highest BCUT2D eigenvalue weighted by Crippen LogP contribution is 2.31. The Morgan fingerprint density at radius 3 is 2.69 bits per heavy atom. The summed E-state index contributed by atoms with van der Waals surface area (Å²) in [5, 5.41) is 23.2. The number of hydrogen-bond acceptors (Lipinski definition) is 4. The van der Waals surface area contributed by atoms with Crippen LogP contribution in [0, 0.1) is 10.1 Å². The molecule has 0 saturated heterocycles. The molecule has 0 amide bonds. The average molecular weight is 225 g/mol. The zero-order chi connectivity index (χ0) is 11.7. The Morgan fingerprint density at radius 2 is 2.19 bits per heavy atom. The van der Waals surface area contributed by atoms with E-state index in [1.54, 1.807) is 0 Å². The van der Waals surface area contributed by atoms with E-state index in [1.807, 2.05) is 0 Å². The maximum Gasteiger partial charge on any atom is 0.390 e. The Balaban J connectivity index is 2.40. The third-order valence-electron chi connectivity index (χ3n) is 2.80. The predicted octanol–water partition coefficient (Wildman–Crippen LogP) is 1.60. The highest BCUT2D eigenvalue weighted by atomic mass is 16.6. The second-order valence-electron chi connectivity index (χ2n) is 3.83. The third kappa shape index (κ3) is 1.75. The molecule has 0 aromatic carbocycles. The summed E-state index contributed by atoms with van der Waals surface area (Å²) in [4.78, 5) is 20.8. The van der Waals surface area contributed by atoms with Gasteiger partial charge >= 0.3 is 11.8 Å². The van der Waals surface area contributed by atoms with Crippen molar-refractivity contribution in [2.45, 2.75) is 31.7 Å². The Bertz CT molecular complexity index is 434. The molecule has 0 spiro atoms. The van der Waals surface area contributed by atoms with Gasteiger partial charge in [0.2, 0.25) is 0 Å². The molecule has 1 aromatic rings. The first-order valence-corrected chi connectivity index (χ1v) is 5.07. The second-order valence-corrected chi connectivity index (χ2v) is 3.83. The smallest absolute Gasteiger partial charge is 0.390 e. The fourth-order valence-electron chi connectivity index (χ4n) is 2.06. The Hall–Kier alpha value is -1.92. The van der Waals surface area contributed by atoms with Gasteiger partial charge in [0.25, 0.3) is 0 Å². The summed E-state index contributed by atoms with van der Waals surface area (Å²) in [6, 6.07) is 1.00. The molecule has 1 heterocycles. The molecule has 86 valence electrons. The maximum atomic E-state index is 10.9. The first-order valence-electron chi connectivity index (χ1n) is 5.07. The third-order valence-corrected chi connectivity index (χ3v) is 2.80. The SMILES string of the molecule is O=C(O)c1cc([N+](=O)[O-])nn1C1CCCC1. The minimum absolute atomic E-state index is 0.0141. The number of carbonyl (C=O) groups is 1. The van der Waals surface area contributed by atoms with Crippen LogP contribution >= 0.6 is 0 Å². The molecule has 16 heavy (non-hydrogen) atoms. The summed E-state index contributed by atoms with van der Waals surface area (Å²) in [7, 11) is 0. The van der Waals surface area contributed by atoms with Gasteiger partial charge < -0.3 is 15.2 Å². The van der Waals surface area contributed by atoms with Crippen molar-refractivity contribution in [2.75, 3.05) is 0 Å². The summed E-state index contributed by atoms with van der Waals surface area (Å²) in [6.07, 6.45) is 3.69. The largest absolute Gasteiger partial charge is 0.476 e. The van der Waals surface area contributed by atoms with Crippen molar-refractivity contribution in [2.24, 2.45) is 0 Å². The van der Waals surface area contributed by atoms with Gasteiger partial charge in [-0.3, -0.25) is 0 Å². The monoisotopic (exact) mass is 225 g/mol. The Kier molecular flexibility index (Phi) is 2.59. The van der Waals surface area contributed by atoms with Crippen molar-refractivity contribution >= 4 is 11.8 Å². The van der Waals surface area contributed by atoms with Gasteiger partial charge in [0.1, 0.15) is 0 Å². The van der Waals surface area contributed by atoms with E-state index in [1.165, 1.54) is 4.68 Å². The number of hydrogen-bond donors (Lipinski definition) is 1. The van der Waals surface area contributed by atoms with Crippen LogP contribution < -0.4 is 0 Å². The molecule has 0 radical (unpaired) electrons. The van der Waals surface area contributed by atoms with Gasteiger partial charge in [0, 0.05) is 0 Å². The number of carboxylic acids is 1. The molecule has 0 atom stereocenters. The second kappa shape index (κ2) is 3.92. The molecule has 2 rings (SSSR count). The van der Waals surface area contributed by atoms with Crippen LogP contribution in [-0.4, -0.2) is 25.8 Å². The van der Waals surface area contributed by atoms with E-state index in [4.69, 9.17) is 5.11 Å². The van der Waals surface area contributed by atoms with Crippen LogP contribution in [0.1, 0.15) is 42.2 Å². The molecule has 0 aliphatic heterocycles. The van der Waals surface area contributed by atoms with Crippen molar-refractivity contribution < 1.29 is 14.8 Å². The summed E-state index contributed by atoms with van der Waals surface area (Å²) in [5.41, 5.74) is -0.0985. The zero-order valence-corrected chi connectivity index (χ0v) is 8.50. The standard InChI is InChI=1S/C9H11N3O4/c13-9(14)7-5-8(12(15)16)10-11(7)6-3-1-2-4-6/h5-6H,1-4H2,(H,13,14). The van der Waals surface area contributed by atoms with Gasteiger partial charge in [-0.1, -0.05) is 12.8 Å². The van der Waals surface area contributed by atoms with Crippen LogP contribution in [0.5, 0.6) is 0 Å². The van der Waals surface area contributed by atoms with Gasteiger partial charge in [-0.05, 0) is 17.8 Å². The van der Waals surface area contributed by atoms with E-state index in [9.17, 15) is 14.9 Å². The lowest BCUT2D eigenvalue weighted by atomic mass is 10.2. The lowest BCUT2D eigenvalue weighted by Crippen LogP contribution is -2.14. The summed E-state index contributed by atoms with van der Waals surface area (Å²) in [5.74, 6) is -1.57. The fraction of sp³-hybridized carbons (Fsp3) is 0.556. The Morgan fingerprint density at radius 1 is 1.56 bits per heavy atom. The van der Waals surface area contributed by atoms with Gasteiger partial charge in [-0.25, -0.2) is 4.79 Å². The summed E-state index contributed by atoms with van der Waals surface area (Å²) < 4.78 is 1.29. The lowest BCUT2D eigenvalue weighted by Gasteiger charge is -2.06. The number of carboxylic acid groups (broad SMARTS) is 1. The van der Waals surface area contributed by atoms with Crippen LogP contribution in [0.2, 0.25) is 0 Å². The molecule has 1 fully saturated rings. The number of rotatable bonds is 3. The van der Waals surface area contributed by atoms with E-state index in [-0.39, 0.29) is 11.7 Å². The van der Waals surface area contributed by atoms with Gasteiger partial charge in [-0.15, -0.1) is 0 Å². The van der Waals surface area contributed by atoms with Gasteiger partial charge in [0.05, 0.1) is 17.2 Å². The van der Waals surface area contributed by atoms with E-state index in [0.29, 0.717) is 0 Å². The normalized spacial score (nSPS) is 16.5. The van der Waals surface area contributed by atoms with Gasteiger partial charge in [0.15, 0.2) is 5.69 Å². The van der Waals surface area contributed by atoms with Crippen LogP contribution in [0.4, 0.5) is 5.82 Å². The number of nitrogens with zero attached hydrogens (tertiary/aromatic N) is 3.